The SMILES string of the molecule is COCCNC(=O)CN(C(C)=O)c1cc(C)c(Cl)cc1OC. The molecule has 0 aliphatic carbocycles. The normalized spacial score (nSPS) is 10.2. The number of halogens is 1. The number of nitrogens with one attached hydrogen (secondary N) is 1. The van der Waals surface area contributed by atoms with Crippen LogP contribution in [0.5, 0.6) is 5.75 Å². The van der Waals surface area contributed by atoms with Gasteiger partial charge < -0.3 is 14.8 Å². The van der Waals surface area contributed by atoms with Gasteiger partial charge in [-0.2, -0.15) is 0 Å². The molecule has 0 aliphatic rings. The van der Waals surface area contributed by atoms with E-state index in [1.54, 1.807) is 19.2 Å². The third-order valence-corrected chi connectivity index (χ3v) is 3.47. The van der Waals surface area contributed by atoms with Crippen LogP contribution in [-0.2, 0) is 14.3 Å². The molecule has 0 saturated heterocycles. The Labute approximate surface area is 135 Å². The lowest BCUT2D eigenvalue weighted by Gasteiger charge is -2.23. The van der Waals surface area contributed by atoms with E-state index in [0.717, 1.165) is 5.56 Å². The molecule has 1 rings (SSSR count). The van der Waals surface area contributed by atoms with Gasteiger partial charge in [-0.3, -0.25) is 14.5 Å². The molecule has 1 N–H and O–H groups in total. The molecule has 0 aromatic heterocycles. The molecule has 0 heterocycles. The minimum atomic E-state index is -0.276. The predicted octanol–water partition coefficient (Wildman–Crippen LogP) is 1.77. The highest BCUT2D eigenvalue weighted by atomic mass is 35.5. The van der Waals surface area contributed by atoms with Gasteiger partial charge in [0.2, 0.25) is 11.8 Å². The molecular formula is C15H21ClN2O4. The molecule has 0 fully saturated rings. The monoisotopic (exact) mass is 328 g/mol. The number of carbonyl (C=O) groups excluding carboxylic acids is 2. The molecule has 6 nitrogen and oxygen atoms in total. The number of hydrogen-bond donors (Lipinski definition) is 1. The second-order valence-electron chi connectivity index (χ2n) is 4.72. The van der Waals surface area contributed by atoms with Crippen LogP contribution in [-0.4, -0.2) is 45.7 Å². The summed E-state index contributed by atoms with van der Waals surface area (Å²) < 4.78 is 10.1. The third-order valence-electron chi connectivity index (χ3n) is 3.06. The van der Waals surface area contributed by atoms with Crippen LogP contribution in [0.1, 0.15) is 12.5 Å². The fourth-order valence-corrected chi connectivity index (χ4v) is 2.03. The van der Waals surface area contributed by atoms with Crippen LogP contribution in [0.25, 0.3) is 0 Å². The average molecular weight is 329 g/mol. The zero-order chi connectivity index (χ0) is 16.7. The first-order valence-electron chi connectivity index (χ1n) is 6.78. The number of methoxy groups -OCH3 is 2. The number of carbonyl (C=O) groups is 2. The van der Waals surface area contributed by atoms with Gasteiger partial charge in [-0.25, -0.2) is 0 Å². The van der Waals surface area contributed by atoms with Gasteiger partial charge >= 0.3 is 0 Å². The quantitative estimate of drug-likeness (QED) is 0.775. The maximum Gasteiger partial charge on any atom is 0.240 e. The van der Waals surface area contributed by atoms with Gasteiger partial charge in [0, 0.05) is 31.7 Å². The van der Waals surface area contributed by atoms with Crippen LogP contribution in [0, 0.1) is 6.92 Å². The summed E-state index contributed by atoms with van der Waals surface area (Å²) in [5, 5.41) is 3.21. The first-order valence-corrected chi connectivity index (χ1v) is 7.16. The summed E-state index contributed by atoms with van der Waals surface area (Å²) in [6.07, 6.45) is 0. The van der Waals surface area contributed by atoms with Crippen LogP contribution in [0.2, 0.25) is 5.02 Å². The summed E-state index contributed by atoms with van der Waals surface area (Å²) in [7, 11) is 3.04. The molecule has 0 aliphatic heterocycles. The maximum atomic E-state index is 11.9. The van der Waals surface area contributed by atoms with Crippen LogP contribution in [0.3, 0.4) is 0 Å². The number of rotatable bonds is 7. The molecule has 1 aromatic carbocycles. The number of aryl methyl sites for hydroxylation is 1. The van der Waals surface area contributed by atoms with Gasteiger partial charge in [-0.15, -0.1) is 0 Å². The van der Waals surface area contributed by atoms with Gasteiger partial charge in [0.1, 0.15) is 12.3 Å². The van der Waals surface area contributed by atoms with E-state index in [4.69, 9.17) is 21.1 Å². The van der Waals surface area contributed by atoms with E-state index in [9.17, 15) is 9.59 Å². The molecule has 122 valence electrons. The Balaban J connectivity index is 2.99. The van der Waals surface area contributed by atoms with Crippen molar-refractivity contribution in [2.45, 2.75) is 13.8 Å². The highest BCUT2D eigenvalue weighted by Crippen LogP contribution is 2.33. The van der Waals surface area contributed by atoms with Gasteiger partial charge in [-0.1, -0.05) is 11.6 Å². The van der Waals surface area contributed by atoms with E-state index >= 15 is 0 Å². The Hall–Kier alpha value is -1.79. The van der Waals surface area contributed by atoms with Crippen molar-refractivity contribution in [1.29, 1.82) is 0 Å². The highest BCUT2D eigenvalue weighted by Gasteiger charge is 2.20. The molecular weight excluding hydrogens is 308 g/mol. The number of anilines is 1. The van der Waals surface area contributed by atoms with Gasteiger partial charge in [0.05, 0.1) is 19.4 Å². The van der Waals surface area contributed by atoms with Gasteiger partial charge in [0.15, 0.2) is 0 Å². The second kappa shape index (κ2) is 8.60. The lowest BCUT2D eigenvalue weighted by atomic mass is 10.2. The van der Waals surface area contributed by atoms with Crippen LogP contribution in [0.15, 0.2) is 12.1 Å². The Morgan fingerprint density at radius 2 is 2.00 bits per heavy atom. The molecule has 0 bridgehead atoms. The Bertz CT molecular complexity index is 549. The topological polar surface area (TPSA) is 67.9 Å². The van der Waals surface area contributed by atoms with Crippen molar-refractivity contribution in [1.82, 2.24) is 5.32 Å². The van der Waals surface area contributed by atoms with E-state index in [0.29, 0.717) is 29.6 Å². The van der Waals surface area contributed by atoms with E-state index in [1.807, 2.05) is 6.92 Å². The van der Waals surface area contributed by atoms with E-state index < -0.39 is 0 Å². The molecule has 0 atom stereocenters. The highest BCUT2D eigenvalue weighted by molar-refractivity contribution is 6.31. The van der Waals surface area contributed by atoms with Crippen LogP contribution in [0.4, 0.5) is 5.69 Å². The molecule has 2 amide bonds. The zero-order valence-electron chi connectivity index (χ0n) is 13.2. The van der Waals surface area contributed by atoms with Crippen molar-refractivity contribution in [3.05, 3.63) is 22.7 Å². The van der Waals surface area contributed by atoms with Crippen LogP contribution < -0.4 is 15.0 Å². The van der Waals surface area contributed by atoms with Crippen molar-refractivity contribution < 1.29 is 19.1 Å². The second-order valence-corrected chi connectivity index (χ2v) is 5.13. The summed E-state index contributed by atoms with van der Waals surface area (Å²) in [6.45, 7) is 3.91. The van der Waals surface area contributed by atoms with Gasteiger partial charge in [-0.05, 0) is 18.6 Å². The number of ether oxygens (including phenoxy) is 2. The summed E-state index contributed by atoms with van der Waals surface area (Å²) >= 11 is 6.06. The number of nitrogens with zero attached hydrogens (tertiary/aromatic N) is 1. The Morgan fingerprint density at radius 1 is 1.32 bits per heavy atom. The van der Waals surface area contributed by atoms with Crippen molar-refractivity contribution in [3.8, 4) is 5.75 Å². The summed E-state index contributed by atoms with van der Waals surface area (Å²) in [4.78, 5) is 25.2. The maximum absolute atomic E-state index is 11.9. The van der Waals surface area contributed by atoms with E-state index in [2.05, 4.69) is 5.32 Å². The number of benzene rings is 1. The molecule has 0 saturated carbocycles. The van der Waals surface area contributed by atoms with Gasteiger partial charge in [0.25, 0.3) is 0 Å². The largest absolute Gasteiger partial charge is 0.495 e. The lowest BCUT2D eigenvalue weighted by Crippen LogP contribution is -2.41. The number of hydrogen-bond acceptors (Lipinski definition) is 4. The zero-order valence-corrected chi connectivity index (χ0v) is 14.0. The van der Waals surface area contributed by atoms with E-state index in [1.165, 1.54) is 18.9 Å². The standard InChI is InChI=1S/C15H21ClN2O4/c1-10-7-13(14(22-4)8-12(10)16)18(11(2)19)9-15(20)17-5-6-21-3/h7-8H,5-6,9H2,1-4H3,(H,17,20). The molecule has 0 radical (unpaired) electrons. The van der Waals surface area contributed by atoms with Crippen molar-refractivity contribution in [2.24, 2.45) is 0 Å². The first-order chi connectivity index (χ1) is 10.4. The lowest BCUT2D eigenvalue weighted by molar-refractivity contribution is -0.123. The molecule has 0 unspecified atom stereocenters. The number of amides is 2. The fraction of sp³-hybridized carbons (Fsp3) is 0.467. The Kier molecular flexibility index (Phi) is 7.14. The van der Waals surface area contributed by atoms with E-state index in [-0.39, 0.29) is 18.4 Å². The molecule has 1 aromatic rings. The third kappa shape index (κ3) is 4.89. The molecule has 7 heteroatoms. The van der Waals surface area contributed by atoms with Crippen molar-refractivity contribution in [3.63, 3.8) is 0 Å². The summed E-state index contributed by atoms with van der Waals surface area (Å²) in [5.41, 5.74) is 1.31. The molecule has 22 heavy (non-hydrogen) atoms. The average Bonchev–Trinajstić information content (AvgIpc) is 2.47. The first kappa shape index (κ1) is 18.3. The minimum Gasteiger partial charge on any atom is -0.495 e. The molecule has 0 spiro atoms. The fourth-order valence-electron chi connectivity index (χ4n) is 1.88. The summed E-state index contributed by atoms with van der Waals surface area (Å²) in [6, 6.07) is 3.36. The Morgan fingerprint density at radius 3 is 2.55 bits per heavy atom. The minimum absolute atomic E-state index is 0.101. The predicted molar refractivity (Wildman–Crippen MR) is 85.7 cm³/mol. The van der Waals surface area contributed by atoms with Crippen molar-refractivity contribution >= 4 is 29.1 Å². The van der Waals surface area contributed by atoms with Crippen LogP contribution >= 0.6 is 11.6 Å². The summed E-state index contributed by atoms with van der Waals surface area (Å²) in [5.74, 6) is -0.0979. The smallest absolute Gasteiger partial charge is 0.240 e. The van der Waals surface area contributed by atoms with Crippen molar-refractivity contribution in [2.75, 3.05) is 38.8 Å².